The molecule has 3 rings (SSSR count). The molecule has 0 fully saturated rings. The van der Waals surface area contributed by atoms with Crippen LogP contribution < -0.4 is 15.8 Å². The fraction of sp³-hybridized carbons (Fsp3) is 0.350. The summed E-state index contributed by atoms with van der Waals surface area (Å²) in [6.45, 7) is 3.73. The van der Waals surface area contributed by atoms with Gasteiger partial charge in [-0.15, -0.1) is 0 Å². The zero-order chi connectivity index (χ0) is 22.8. The second-order valence-electron chi connectivity index (χ2n) is 7.17. The number of ether oxygens (including phenoxy) is 1. The van der Waals surface area contributed by atoms with E-state index in [-0.39, 0.29) is 23.0 Å². The molecule has 11 heteroatoms. The Morgan fingerprint density at radius 3 is 2.77 bits per heavy atom. The van der Waals surface area contributed by atoms with Crippen LogP contribution in [0.15, 0.2) is 45.9 Å². The van der Waals surface area contributed by atoms with E-state index in [1.165, 1.54) is 41.9 Å². The van der Waals surface area contributed by atoms with Crippen LogP contribution in [0.4, 0.5) is 10.1 Å². The third-order valence-corrected chi connectivity index (χ3v) is 7.56. The van der Waals surface area contributed by atoms with E-state index < -0.39 is 27.2 Å². The first kappa shape index (κ1) is 22.5. The van der Waals surface area contributed by atoms with E-state index in [1.54, 1.807) is 27.0 Å². The number of hydrogen-bond acceptors (Lipinski definition) is 7. The van der Waals surface area contributed by atoms with Gasteiger partial charge in [0.2, 0.25) is 5.96 Å². The zero-order valence-electron chi connectivity index (χ0n) is 17.8. The number of carbonyl (C=O) groups is 1. The number of aliphatic imine (C=N–C) groups is 1. The molecule has 3 N–H and O–H groups in total. The SMILES string of the molecule is CCN=S1(=O)C[C@@](C)(c2cc(NC(=O)c3ccc(OC)cn3)ccc2F)N=C(N)N1C. The summed E-state index contributed by atoms with van der Waals surface area (Å²) in [6, 6.07) is 7.25. The molecule has 31 heavy (non-hydrogen) atoms. The number of carbonyl (C=O) groups excluding carboxylic acids is 1. The van der Waals surface area contributed by atoms with Crippen LogP contribution in [0.25, 0.3) is 0 Å². The topological polar surface area (TPSA) is 122 Å². The van der Waals surface area contributed by atoms with Crippen molar-refractivity contribution in [1.82, 2.24) is 9.29 Å². The number of guanidine groups is 1. The van der Waals surface area contributed by atoms with Gasteiger partial charge in [-0.05, 0) is 44.2 Å². The van der Waals surface area contributed by atoms with Crippen LogP contribution in [-0.2, 0) is 15.5 Å². The minimum atomic E-state index is -2.90. The maximum atomic E-state index is 14.8. The largest absolute Gasteiger partial charge is 0.495 e. The summed E-state index contributed by atoms with van der Waals surface area (Å²) >= 11 is 0. The summed E-state index contributed by atoms with van der Waals surface area (Å²) in [7, 11) is 0.153. The van der Waals surface area contributed by atoms with Gasteiger partial charge in [-0.2, -0.15) is 0 Å². The molecule has 1 aliphatic heterocycles. The summed E-state index contributed by atoms with van der Waals surface area (Å²) in [5.41, 5.74) is 5.43. The molecule has 1 unspecified atom stereocenters. The number of anilines is 1. The van der Waals surface area contributed by atoms with Crippen molar-refractivity contribution in [3.8, 4) is 5.75 Å². The quantitative estimate of drug-likeness (QED) is 0.727. The molecule has 0 saturated carbocycles. The maximum Gasteiger partial charge on any atom is 0.274 e. The molecule has 0 spiro atoms. The van der Waals surface area contributed by atoms with Gasteiger partial charge in [-0.1, -0.05) is 0 Å². The highest BCUT2D eigenvalue weighted by atomic mass is 32.2. The van der Waals surface area contributed by atoms with Crippen molar-refractivity contribution in [1.29, 1.82) is 0 Å². The van der Waals surface area contributed by atoms with Crippen LogP contribution >= 0.6 is 0 Å². The molecule has 1 aliphatic rings. The highest BCUT2D eigenvalue weighted by molar-refractivity contribution is 7.92. The Balaban J connectivity index is 1.96. The van der Waals surface area contributed by atoms with E-state index in [9.17, 15) is 13.4 Å². The van der Waals surface area contributed by atoms with Crippen LogP contribution in [0.1, 0.15) is 29.9 Å². The van der Waals surface area contributed by atoms with E-state index in [4.69, 9.17) is 10.5 Å². The van der Waals surface area contributed by atoms with Gasteiger partial charge in [0.15, 0.2) is 0 Å². The summed E-state index contributed by atoms with van der Waals surface area (Å²) in [6.07, 6.45) is 1.43. The molecular formula is C20H25FN6O3S. The molecule has 0 saturated heterocycles. The monoisotopic (exact) mass is 448 g/mol. The number of aromatic nitrogens is 1. The predicted molar refractivity (Wildman–Crippen MR) is 118 cm³/mol. The van der Waals surface area contributed by atoms with Crippen molar-refractivity contribution in [2.45, 2.75) is 19.4 Å². The van der Waals surface area contributed by atoms with Crippen LogP contribution in [-0.4, -0.2) is 51.8 Å². The molecule has 2 heterocycles. The van der Waals surface area contributed by atoms with Crippen molar-refractivity contribution < 1.29 is 18.1 Å². The molecule has 2 aromatic rings. The molecule has 1 amide bonds. The second kappa shape index (κ2) is 8.50. The van der Waals surface area contributed by atoms with Gasteiger partial charge >= 0.3 is 0 Å². The maximum absolute atomic E-state index is 14.8. The summed E-state index contributed by atoms with van der Waals surface area (Å²) in [5, 5.41) is 2.69. The Labute approximate surface area is 180 Å². The normalized spacial score (nSPS) is 23.1. The van der Waals surface area contributed by atoms with Crippen LogP contribution in [0.2, 0.25) is 0 Å². The number of methoxy groups -OCH3 is 1. The third kappa shape index (κ3) is 4.46. The summed E-state index contributed by atoms with van der Waals surface area (Å²) in [5.74, 6) is -0.539. The lowest BCUT2D eigenvalue weighted by Gasteiger charge is -2.37. The Morgan fingerprint density at radius 1 is 1.42 bits per heavy atom. The van der Waals surface area contributed by atoms with E-state index in [1.807, 2.05) is 0 Å². The summed E-state index contributed by atoms with van der Waals surface area (Å²) in [4.78, 5) is 21.0. The number of hydrogen-bond donors (Lipinski definition) is 2. The minimum Gasteiger partial charge on any atom is -0.495 e. The Morgan fingerprint density at radius 2 is 2.16 bits per heavy atom. The van der Waals surface area contributed by atoms with Gasteiger partial charge in [-0.3, -0.25) is 9.10 Å². The average Bonchev–Trinajstić information content (AvgIpc) is 2.73. The van der Waals surface area contributed by atoms with Crippen LogP contribution in [0, 0.1) is 5.82 Å². The number of halogens is 1. The first-order valence-corrected chi connectivity index (χ1v) is 11.2. The molecule has 0 radical (unpaired) electrons. The molecule has 1 aromatic carbocycles. The number of nitrogens with one attached hydrogen (secondary N) is 1. The Bertz CT molecular complexity index is 1140. The highest BCUT2D eigenvalue weighted by Gasteiger charge is 2.40. The smallest absolute Gasteiger partial charge is 0.274 e. The fourth-order valence-corrected chi connectivity index (χ4v) is 5.43. The molecule has 0 aliphatic carbocycles. The van der Waals surface area contributed by atoms with E-state index in [2.05, 4.69) is 19.7 Å². The van der Waals surface area contributed by atoms with Crippen molar-refractivity contribution in [3.63, 3.8) is 0 Å². The Kier molecular flexibility index (Phi) is 6.16. The molecule has 2 atom stereocenters. The van der Waals surface area contributed by atoms with Gasteiger partial charge in [0.05, 0.1) is 19.1 Å². The van der Waals surface area contributed by atoms with Crippen molar-refractivity contribution >= 4 is 27.5 Å². The highest BCUT2D eigenvalue weighted by Crippen LogP contribution is 2.35. The number of pyridine rings is 1. The molecule has 1 aromatic heterocycles. The number of nitrogens with zero attached hydrogens (tertiary/aromatic N) is 4. The lowest BCUT2D eigenvalue weighted by atomic mass is 9.93. The van der Waals surface area contributed by atoms with Gasteiger partial charge in [-0.25, -0.2) is 22.9 Å². The van der Waals surface area contributed by atoms with Gasteiger partial charge in [0.25, 0.3) is 5.91 Å². The fourth-order valence-electron chi connectivity index (χ4n) is 3.28. The second-order valence-corrected chi connectivity index (χ2v) is 9.48. The van der Waals surface area contributed by atoms with Crippen molar-refractivity contribution in [2.75, 3.05) is 31.8 Å². The standard InChI is InChI=1S/C20H25FN6O3S/c1-5-24-31(29)12-20(2,26-19(22)27(31)3)15-10-13(6-8-16(15)21)25-18(28)17-9-7-14(30-4)11-23-17/h6-11H,5,12H2,1-4H3,(H2,22,26)(H,25,28)/t20-,31?/m0/s1. The average molecular weight is 449 g/mol. The lowest BCUT2D eigenvalue weighted by Crippen LogP contribution is -2.50. The molecule has 9 nitrogen and oxygen atoms in total. The number of nitrogens with two attached hydrogens (primary N) is 1. The van der Waals surface area contributed by atoms with Gasteiger partial charge in [0.1, 0.15) is 32.7 Å². The number of amides is 1. The van der Waals surface area contributed by atoms with Crippen molar-refractivity contribution in [2.24, 2.45) is 15.1 Å². The molecular weight excluding hydrogens is 423 g/mol. The Hall–Kier alpha value is -3.21. The lowest BCUT2D eigenvalue weighted by molar-refractivity contribution is 0.102. The number of rotatable bonds is 5. The van der Waals surface area contributed by atoms with Crippen LogP contribution in [0.5, 0.6) is 5.75 Å². The number of benzene rings is 1. The van der Waals surface area contributed by atoms with Crippen molar-refractivity contribution in [3.05, 3.63) is 53.6 Å². The predicted octanol–water partition coefficient (Wildman–Crippen LogP) is 2.36. The summed E-state index contributed by atoms with van der Waals surface area (Å²) < 4.78 is 38.7. The molecule has 166 valence electrons. The minimum absolute atomic E-state index is 0.00669. The van der Waals surface area contributed by atoms with Gasteiger partial charge in [0, 0.05) is 24.8 Å². The van der Waals surface area contributed by atoms with E-state index >= 15 is 0 Å². The first-order chi connectivity index (χ1) is 14.6. The van der Waals surface area contributed by atoms with E-state index in [0.29, 0.717) is 18.0 Å². The first-order valence-electron chi connectivity index (χ1n) is 9.53. The third-order valence-electron chi connectivity index (χ3n) is 4.92. The van der Waals surface area contributed by atoms with Gasteiger partial charge < -0.3 is 15.8 Å². The zero-order valence-corrected chi connectivity index (χ0v) is 18.6. The van der Waals surface area contributed by atoms with Crippen LogP contribution in [0.3, 0.4) is 0 Å². The van der Waals surface area contributed by atoms with E-state index in [0.717, 1.165) is 0 Å². The molecule has 0 bridgehead atoms.